The van der Waals surface area contributed by atoms with Crippen molar-refractivity contribution in [3.63, 3.8) is 0 Å². The molecule has 1 aliphatic heterocycles. The molecule has 3 heterocycles. The van der Waals surface area contributed by atoms with E-state index in [-0.39, 0.29) is 12.4 Å². The van der Waals surface area contributed by atoms with Gasteiger partial charge in [-0.15, -0.1) is 12.4 Å². The highest BCUT2D eigenvalue weighted by Crippen LogP contribution is 2.27. The van der Waals surface area contributed by atoms with E-state index < -0.39 is 12.2 Å². The summed E-state index contributed by atoms with van der Waals surface area (Å²) < 4.78 is 15.8. The van der Waals surface area contributed by atoms with Crippen molar-refractivity contribution >= 4 is 41.0 Å². The van der Waals surface area contributed by atoms with E-state index in [1.165, 1.54) is 0 Å². The van der Waals surface area contributed by atoms with Crippen LogP contribution in [0.1, 0.15) is 17.7 Å². The summed E-state index contributed by atoms with van der Waals surface area (Å²) in [6.07, 6.45) is 0.975. The molecule has 0 bridgehead atoms. The molecule has 2 atom stereocenters. The van der Waals surface area contributed by atoms with Gasteiger partial charge in [-0.2, -0.15) is 5.26 Å². The van der Waals surface area contributed by atoms with Gasteiger partial charge in [0.1, 0.15) is 6.17 Å². The van der Waals surface area contributed by atoms with Crippen LogP contribution in [0.5, 0.6) is 0 Å². The second kappa shape index (κ2) is 8.31. The Bertz CT molecular complexity index is 1010. The third-order valence-corrected chi connectivity index (χ3v) is 5.04. The molecule has 0 unspecified atom stereocenters. The van der Waals surface area contributed by atoms with Crippen LogP contribution in [-0.4, -0.2) is 39.8 Å². The molecule has 1 fully saturated rings. The quantitative estimate of drug-likeness (QED) is 0.702. The molecule has 28 heavy (non-hydrogen) atoms. The van der Waals surface area contributed by atoms with Gasteiger partial charge in [0, 0.05) is 19.3 Å². The van der Waals surface area contributed by atoms with Crippen molar-refractivity contribution in [1.29, 1.82) is 5.26 Å². The van der Waals surface area contributed by atoms with Crippen LogP contribution in [0.25, 0.3) is 11.0 Å². The fourth-order valence-corrected chi connectivity index (χ4v) is 3.49. The number of pyridine rings is 1. The SMILES string of the molecule is Cl.N#Cc1ccc2c(c1)nc(N1CC[C@@H](F)[C@H](N)C1)n2Cc1ccc(Cl)cn1. The molecular formula is C19H19Cl2FN6. The van der Waals surface area contributed by atoms with Crippen molar-refractivity contribution in [2.45, 2.75) is 25.2 Å². The minimum Gasteiger partial charge on any atom is -0.340 e. The first-order chi connectivity index (χ1) is 13.0. The number of nitrogens with two attached hydrogens (primary N) is 1. The lowest BCUT2D eigenvalue weighted by atomic mass is 10.1. The van der Waals surface area contributed by atoms with Gasteiger partial charge in [0.15, 0.2) is 0 Å². The van der Waals surface area contributed by atoms with Crippen molar-refractivity contribution in [2.24, 2.45) is 5.73 Å². The maximum atomic E-state index is 13.8. The summed E-state index contributed by atoms with van der Waals surface area (Å²) in [7, 11) is 0. The minimum absolute atomic E-state index is 0. The molecule has 0 aliphatic carbocycles. The molecule has 0 spiro atoms. The van der Waals surface area contributed by atoms with Gasteiger partial charge in [-0.05, 0) is 36.8 Å². The Balaban J connectivity index is 0.00000225. The topological polar surface area (TPSA) is 83.8 Å². The minimum atomic E-state index is -0.998. The van der Waals surface area contributed by atoms with Crippen LogP contribution in [-0.2, 0) is 6.54 Å². The van der Waals surface area contributed by atoms with E-state index in [0.29, 0.717) is 48.1 Å². The smallest absolute Gasteiger partial charge is 0.206 e. The average molecular weight is 421 g/mol. The predicted octanol–water partition coefficient (Wildman–Crippen LogP) is 3.30. The second-order valence-electron chi connectivity index (χ2n) is 6.70. The van der Waals surface area contributed by atoms with E-state index >= 15 is 0 Å². The summed E-state index contributed by atoms with van der Waals surface area (Å²) in [5, 5.41) is 9.74. The molecule has 1 aliphatic rings. The molecular weight excluding hydrogens is 402 g/mol. The third-order valence-electron chi connectivity index (χ3n) is 4.82. The highest BCUT2D eigenvalue weighted by atomic mass is 35.5. The number of anilines is 1. The van der Waals surface area contributed by atoms with Crippen LogP contribution in [0.3, 0.4) is 0 Å². The first-order valence-corrected chi connectivity index (χ1v) is 9.08. The van der Waals surface area contributed by atoms with Crippen molar-refractivity contribution < 1.29 is 4.39 Å². The highest BCUT2D eigenvalue weighted by Gasteiger charge is 2.29. The van der Waals surface area contributed by atoms with Crippen LogP contribution in [0.2, 0.25) is 5.02 Å². The number of imidazole rings is 1. The monoisotopic (exact) mass is 420 g/mol. The number of rotatable bonds is 3. The van der Waals surface area contributed by atoms with Gasteiger partial charge in [-0.1, -0.05) is 11.6 Å². The van der Waals surface area contributed by atoms with Crippen LogP contribution >= 0.6 is 24.0 Å². The maximum Gasteiger partial charge on any atom is 0.206 e. The van der Waals surface area contributed by atoms with Crippen molar-refractivity contribution in [1.82, 2.24) is 14.5 Å². The first kappa shape index (κ1) is 20.3. The summed E-state index contributed by atoms with van der Waals surface area (Å²) in [6.45, 7) is 1.42. The van der Waals surface area contributed by atoms with Gasteiger partial charge in [-0.3, -0.25) is 4.98 Å². The molecule has 3 aromatic rings. The molecule has 1 saturated heterocycles. The van der Waals surface area contributed by atoms with Crippen LogP contribution < -0.4 is 10.6 Å². The van der Waals surface area contributed by atoms with Gasteiger partial charge in [0.05, 0.1) is 46.0 Å². The number of nitrogens with zero attached hydrogens (tertiary/aromatic N) is 5. The van der Waals surface area contributed by atoms with Crippen LogP contribution in [0.4, 0.5) is 10.3 Å². The average Bonchev–Trinajstić information content (AvgIpc) is 3.03. The number of hydrogen-bond acceptors (Lipinski definition) is 5. The Morgan fingerprint density at radius 3 is 2.82 bits per heavy atom. The van der Waals surface area contributed by atoms with Gasteiger partial charge in [0.25, 0.3) is 0 Å². The van der Waals surface area contributed by atoms with Gasteiger partial charge >= 0.3 is 0 Å². The molecule has 2 N–H and O–H groups in total. The van der Waals surface area contributed by atoms with Crippen LogP contribution in [0, 0.1) is 11.3 Å². The van der Waals surface area contributed by atoms with Crippen molar-refractivity contribution in [3.05, 3.63) is 52.8 Å². The largest absolute Gasteiger partial charge is 0.340 e. The first-order valence-electron chi connectivity index (χ1n) is 8.70. The number of aromatic nitrogens is 3. The number of nitriles is 1. The summed E-state index contributed by atoms with van der Waals surface area (Å²) in [5.74, 6) is 0.708. The Morgan fingerprint density at radius 2 is 2.14 bits per heavy atom. The Kier molecular flexibility index (Phi) is 6.04. The lowest BCUT2D eigenvalue weighted by molar-refractivity contribution is 0.243. The Morgan fingerprint density at radius 1 is 1.32 bits per heavy atom. The molecule has 146 valence electrons. The predicted molar refractivity (Wildman–Crippen MR) is 110 cm³/mol. The molecule has 0 saturated carbocycles. The van der Waals surface area contributed by atoms with E-state index in [4.69, 9.17) is 22.3 Å². The molecule has 9 heteroatoms. The van der Waals surface area contributed by atoms with Gasteiger partial charge in [0.2, 0.25) is 5.95 Å². The zero-order chi connectivity index (χ0) is 19.0. The fraction of sp³-hybridized carbons (Fsp3) is 0.316. The number of piperidine rings is 1. The van der Waals surface area contributed by atoms with Crippen LogP contribution in [0.15, 0.2) is 36.5 Å². The molecule has 2 aromatic heterocycles. The molecule has 4 rings (SSSR count). The highest BCUT2D eigenvalue weighted by molar-refractivity contribution is 6.30. The van der Waals surface area contributed by atoms with Crippen molar-refractivity contribution in [3.8, 4) is 6.07 Å². The second-order valence-corrected chi connectivity index (χ2v) is 7.13. The Hall–Kier alpha value is -2.40. The number of hydrogen-bond donors (Lipinski definition) is 1. The normalized spacial score (nSPS) is 19.3. The number of benzene rings is 1. The number of alkyl halides is 1. The van der Waals surface area contributed by atoms with E-state index in [0.717, 1.165) is 11.2 Å². The number of halogens is 3. The summed E-state index contributed by atoms with van der Waals surface area (Å²) in [5.41, 5.74) is 8.92. The zero-order valence-corrected chi connectivity index (χ0v) is 16.5. The van der Waals surface area contributed by atoms with E-state index in [1.807, 2.05) is 21.6 Å². The van der Waals surface area contributed by atoms with E-state index in [2.05, 4.69) is 11.1 Å². The van der Waals surface area contributed by atoms with Gasteiger partial charge < -0.3 is 15.2 Å². The Labute approximate surface area is 173 Å². The van der Waals surface area contributed by atoms with E-state index in [1.54, 1.807) is 24.4 Å². The van der Waals surface area contributed by atoms with Gasteiger partial charge in [-0.25, -0.2) is 9.37 Å². The molecule has 6 nitrogen and oxygen atoms in total. The lowest BCUT2D eigenvalue weighted by Gasteiger charge is -2.34. The molecule has 1 aromatic carbocycles. The lowest BCUT2D eigenvalue weighted by Crippen LogP contribution is -2.50. The molecule has 0 amide bonds. The third kappa shape index (κ3) is 3.90. The van der Waals surface area contributed by atoms with E-state index in [9.17, 15) is 9.65 Å². The molecule has 0 radical (unpaired) electrons. The number of fused-ring (bicyclic) bond motifs is 1. The summed E-state index contributed by atoms with van der Waals surface area (Å²) in [4.78, 5) is 11.1. The zero-order valence-electron chi connectivity index (χ0n) is 14.9. The maximum absolute atomic E-state index is 13.8. The van der Waals surface area contributed by atoms with Crippen molar-refractivity contribution in [2.75, 3.05) is 18.0 Å². The summed E-state index contributed by atoms with van der Waals surface area (Å²) in [6, 6.07) is 10.6. The standard InChI is InChI=1S/C19H18ClFN6.ClH/c20-13-2-3-14(24-9-13)10-27-18-4-1-12(8-22)7-17(18)25-19(27)26-6-5-15(21)16(23)11-26;/h1-4,7,9,15-16H,5-6,10-11,23H2;1H/t15-,16-;/m1./s1. The fourth-order valence-electron chi connectivity index (χ4n) is 3.38. The summed E-state index contributed by atoms with van der Waals surface area (Å²) >= 11 is 5.93.